The zero-order valence-electron chi connectivity index (χ0n) is 18.7. The van der Waals surface area contributed by atoms with Crippen molar-refractivity contribution in [1.82, 2.24) is 20.6 Å². The summed E-state index contributed by atoms with van der Waals surface area (Å²) in [6.45, 7) is 6.32. The minimum Gasteiger partial charge on any atom is -0.323 e. The molecule has 0 saturated carbocycles. The van der Waals surface area contributed by atoms with Crippen LogP contribution in [-0.2, 0) is 4.79 Å². The second-order valence-corrected chi connectivity index (χ2v) is 8.56. The molecular weight excluding hydrogens is 374 g/mol. The Morgan fingerprint density at radius 3 is 2.43 bits per heavy atom. The molecular formula is C24H37N5O. The third-order valence-corrected chi connectivity index (χ3v) is 6.09. The molecule has 0 bridgehead atoms. The fraction of sp³-hybridized carbons (Fsp3) is 0.625. The number of carbonyl (C=O) groups excluding carboxylic acids is 1. The number of carbonyl (C=O) groups is 1. The number of para-hydroxylation sites is 1. The van der Waals surface area contributed by atoms with Crippen molar-refractivity contribution in [1.29, 1.82) is 0 Å². The highest BCUT2D eigenvalue weighted by atomic mass is 16.2. The van der Waals surface area contributed by atoms with E-state index in [0.29, 0.717) is 5.95 Å². The molecule has 1 aromatic carbocycles. The Hall–Kier alpha value is -2.21. The summed E-state index contributed by atoms with van der Waals surface area (Å²) >= 11 is 0. The Morgan fingerprint density at radius 2 is 1.70 bits per heavy atom. The molecule has 2 aromatic rings. The highest BCUT2D eigenvalue weighted by Gasteiger charge is 2.33. The van der Waals surface area contributed by atoms with Crippen molar-refractivity contribution in [2.45, 2.75) is 90.9 Å². The van der Waals surface area contributed by atoms with Gasteiger partial charge in [-0.15, -0.1) is 0 Å². The summed E-state index contributed by atoms with van der Waals surface area (Å²) < 4.78 is 0. The number of anilines is 1. The monoisotopic (exact) mass is 411 g/mol. The van der Waals surface area contributed by atoms with Gasteiger partial charge < -0.3 is 10.6 Å². The zero-order valence-corrected chi connectivity index (χ0v) is 18.7. The van der Waals surface area contributed by atoms with Crippen molar-refractivity contribution in [3.8, 4) is 0 Å². The van der Waals surface area contributed by atoms with E-state index in [1.54, 1.807) is 0 Å². The molecule has 3 rings (SSSR count). The molecule has 3 unspecified atom stereocenters. The molecule has 1 aromatic heterocycles. The molecule has 3 atom stereocenters. The third kappa shape index (κ3) is 6.14. The molecule has 1 fully saturated rings. The van der Waals surface area contributed by atoms with E-state index in [-0.39, 0.29) is 24.2 Å². The van der Waals surface area contributed by atoms with E-state index in [0.717, 1.165) is 29.4 Å². The number of amides is 1. The first-order chi connectivity index (χ1) is 14.6. The number of nitrogens with one attached hydrogen (secondary N) is 3. The van der Waals surface area contributed by atoms with E-state index in [1.165, 1.54) is 44.9 Å². The molecule has 3 N–H and O–H groups in total. The van der Waals surface area contributed by atoms with Crippen LogP contribution in [0.25, 0.3) is 10.9 Å². The molecule has 1 amide bonds. The number of hydrogen-bond donors (Lipinski definition) is 3. The average molecular weight is 412 g/mol. The van der Waals surface area contributed by atoms with Crippen molar-refractivity contribution in [2.75, 3.05) is 5.32 Å². The van der Waals surface area contributed by atoms with Gasteiger partial charge in [0.15, 0.2) is 6.29 Å². The SMILES string of the molecule is CCCCCCCCCCC1C(=O)NC(Nc2nc(C)c3ccccc3n2)NC1C. The van der Waals surface area contributed by atoms with Gasteiger partial charge in [0.05, 0.1) is 17.1 Å². The van der Waals surface area contributed by atoms with E-state index < -0.39 is 0 Å². The maximum atomic E-state index is 12.7. The summed E-state index contributed by atoms with van der Waals surface area (Å²) in [5, 5.41) is 10.8. The molecule has 2 heterocycles. The standard InChI is InChI=1S/C24H37N5O/c1-4-5-6-7-8-9-10-11-15-20-18(3)26-24(28-22(20)30)29-23-25-17(2)19-14-12-13-16-21(19)27-23/h12-14,16,18,20,24,26H,4-11,15H2,1-3H3,(H,28,30)(H,25,27,29). The number of fused-ring (bicyclic) bond motifs is 1. The van der Waals surface area contributed by atoms with Gasteiger partial charge in [0.25, 0.3) is 0 Å². The summed E-state index contributed by atoms with van der Waals surface area (Å²) in [4.78, 5) is 21.8. The molecule has 0 radical (unpaired) electrons. The Labute approximate surface area is 180 Å². The van der Waals surface area contributed by atoms with E-state index in [2.05, 4.69) is 39.8 Å². The lowest BCUT2D eigenvalue weighted by molar-refractivity contribution is -0.129. The number of nitrogens with zero attached hydrogens (tertiary/aromatic N) is 2. The first-order valence-electron chi connectivity index (χ1n) is 11.6. The molecule has 6 nitrogen and oxygen atoms in total. The van der Waals surface area contributed by atoms with Crippen LogP contribution in [-0.4, -0.2) is 28.2 Å². The van der Waals surface area contributed by atoms with Crippen LogP contribution in [0.15, 0.2) is 24.3 Å². The third-order valence-electron chi connectivity index (χ3n) is 6.09. The molecule has 1 aliphatic heterocycles. The van der Waals surface area contributed by atoms with Crippen LogP contribution < -0.4 is 16.0 Å². The second kappa shape index (κ2) is 11.3. The summed E-state index contributed by atoms with van der Waals surface area (Å²) in [7, 11) is 0. The van der Waals surface area contributed by atoms with Gasteiger partial charge in [0.2, 0.25) is 11.9 Å². The molecule has 30 heavy (non-hydrogen) atoms. The summed E-state index contributed by atoms with van der Waals surface area (Å²) in [6.07, 6.45) is 10.9. The van der Waals surface area contributed by atoms with Crippen LogP contribution >= 0.6 is 0 Å². The van der Waals surface area contributed by atoms with Crippen LogP contribution in [0.3, 0.4) is 0 Å². The molecule has 0 spiro atoms. The number of aromatic nitrogens is 2. The Balaban J connectivity index is 1.45. The van der Waals surface area contributed by atoms with E-state index >= 15 is 0 Å². The zero-order chi connectivity index (χ0) is 21.3. The topological polar surface area (TPSA) is 78.9 Å². The van der Waals surface area contributed by atoms with Crippen LogP contribution in [0.2, 0.25) is 0 Å². The van der Waals surface area contributed by atoms with Crippen molar-refractivity contribution in [3.63, 3.8) is 0 Å². The minimum atomic E-state index is -0.358. The van der Waals surface area contributed by atoms with Crippen LogP contribution in [0.5, 0.6) is 0 Å². The normalized spacial score (nSPS) is 21.6. The summed E-state index contributed by atoms with van der Waals surface area (Å²) in [5.74, 6) is 0.652. The average Bonchev–Trinajstić information content (AvgIpc) is 2.71. The van der Waals surface area contributed by atoms with Crippen LogP contribution in [0.4, 0.5) is 5.95 Å². The number of rotatable bonds is 11. The number of hydrogen-bond acceptors (Lipinski definition) is 5. The lowest BCUT2D eigenvalue weighted by atomic mass is 9.91. The fourth-order valence-electron chi connectivity index (χ4n) is 4.28. The molecule has 164 valence electrons. The van der Waals surface area contributed by atoms with Gasteiger partial charge in [-0.1, -0.05) is 76.5 Å². The van der Waals surface area contributed by atoms with Gasteiger partial charge in [-0.25, -0.2) is 9.97 Å². The smallest absolute Gasteiger partial charge is 0.227 e. The number of unbranched alkanes of at least 4 members (excludes halogenated alkanes) is 7. The lowest BCUT2D eigenvalue weighted by Gasteiger charge is -2.36. The minimum absolute atomic E-state index is 0.0161. The van der Waals surface area contributed by atoms with Gasteiger partial charge >= 0.3 is 0 Å². The molecule has 0 aliphatic carbocycles. The van der Waals surface area contributed by atoms with E-state index in [9.17, 15) is 4.79 Å². The van der Waals surface area contributed by atoms with Crippen molar-refractivity contribution < 1.29 is 4.79 Å². The maximum absolute atomic E-state index is 12.7. The van der Waals surface area contributed by atoms with Gasteiger partial charge in [0.1, 0.15) is 0 Å². The molecule has 1 saturated heterocycles. The first kappa shape index (κ1) is 22.5. The van der Waals surface area contributed by atoms with Crippen molar-refractivity contribution in [3.05, 3.63) is 30.0 Å². The summed E-state index contributed by atoms with van der Waals surface area (Å²) in [6, 6.07) is 8.07. The molecule has 1 aliphatic rings. The Kier molecular flexibility index (Phi) is 8.43. The Bertz CT molecular complexity index is 824. The van der Waals surface area contributed by atoms with Crippen LogP contribution in [0.1, 0.15) is 77.3 Å². The predicted molar refractivity (Wildman–Crippen MR) is 123 cm³/mol. The quantitative estimate of drug-likeness (QED) is 0.459. The lowest BCUT2D eigenvalue weighted by Crippen LogP contribution is -2.63. The van der Waals surface area contributed by atoms with Crippen molar-refractivity contribution in [2.24, 2.45) is 5.92 Å². The predicted octanol–water partition coefficient (Wildman–Crippen LogP) is 4.89. The van der Waals surface area contributed by atoms with Crippen molar-refractivity contribution >= 4 is 22.8 Å². The summed E-state index contributed by atoms with van der Waals surface area (Å²) in [5.41, 5.74) is 1.82. The fourth-order valence-corrected chi connectivity index (χ4v) is 4.28. The molecule has 6 heteroatoms. The Morgan fingerprint density at radius 1 is 1.00 bits per heavy atom. The maximum Gasteiger partial charge on any atom is 0.227 e. The number of aryl methyl sites for hydroxylation is 1. The van der Waals surface area contributed by atoms with Gasteiger partial charge in [-0.3, -0.25) is 10.1 Å². The van der Waals surface area contributed by atoms with Gasteiger partial charge in [0, 0.05) is 11.4 Å². The van der Waals surface area contributed by atoms with Gasteiger partial charge in [-0.05, 0) is 26.3 Å². The van der Waals surface area contributed by atoms with E-state index in [1.807, 2.05) is 31.2 Å². The highest BCUT2D eigenvalue weighted by molar-refractivity contribution is 5.82. The number of benzene rings is 1. The first-order valence-corrected chi connectivity index (χ1v) is 11.6. The van der Waals surface area contributed by atoms with E-state index in [4.69, 9.17) is 0 Å². The largest absolute Gasteiger partial charge is 0.323 e. The van der Waals surface area contributed by atoms with Gasteiger partial charge in [-0.2, -0.15) is 0 Å². The second-order valence-electron chi connectivity index (χ2n) is 8.56. The van der Waals surface area contributed by atoms with Crippen LogP contribution in [0, 0.1) is 12.8 Å². The highest BCUT2D eigenvalue weighted by Crippen LogP contribution is 2.20.